The molecule has 0 saturated heterocycles. The first-order valence-corrected chi connectivity index (χ1v) is 7.10. The Labute approximate surface area is 140 Å². The van der Waals surface area contributed by atoms with E-state index in [1.165, 1.54) is 25.4 Å². The van der Waals surface area contributed by atoms with E-state index in [0.717, 1.165) is 11.6 Å². The van der Waals surface area contributed by atoms with Gasteiger partial charge in [0.2, 0.25) is 11.8 Å². The van der Waals surface area contributed by atoms with Crippen LogP contribution in [-0.4, -0.2) is 27.0 Å². The van der Waals surface area contributed by atoms with Gasteiger partial charge in [0, 0.05) is 24.0 Å². The Hall–Kier alpha value is -3.23. The van der Waals surface area contributed by atoms with Crippen LogP contribution < -0.4 is 10.1 Å². The van der Waals surface area contributed by atoms with Crippen molar-refractivity contribution in [2.24, 2.45) is 0 Å². The molecule has 3 aromatic heterocycles. The highest BCUT2D eigenvalue weighted by atomic mass is 19.4. The summed E-state index contributed by atoms with van der Waals surface area (Å²) in [6, 6.07) is 8.65. The molecule has 0 bridgehead atoms. The maximum absolute atomic E-state index is 12.7. The van der Waals surface area contributed by atoms with Gasteiger partial charge in [-0.3, -0.25) is 0 Å². The third-order valence-electron chi connectivity index (χ3n) is 3.17. The first-order chi connectivity index (χ1) is 12.0. The SMILES string of the molecule is COc1cc(-c2ccnc(Nc3cccc(C(F)(F)F)n3)n2)ccn1. The van der Waals surface area contributed by atoms with Crippen LogP contribution in [0.1, 0.15) is 5.69 Å². The van der Waals surface area contributed by atoms with Crippen molar-refractivity contribution in [2.75, 3.05) is 12.4 Å². The Morgan fingerprint density at radius 3 is 2.56 bits per heavy atom. The van der Waals surface area contributed by atoms with E-state index >= 15 is 0 Å². The van der Waals surface area contributed by atoms with Crippen LogP contribution in [0.4, 0.5) is 24.9 Å². The lowest BCUT2D eigenvalue weighted by Gasteiger charge is -2.09. The summed E-state index contributed by atoms with van der Waals surface area (Å²) < 4.78 is 43.2. The largest absolute Gasteiger partial charge is 0.481 e. The molecule has 0 atom stereocenters. The summed E-state index contributed by atoms with van der Waals surface area (Å²) in [6.45, 7) is 0. The molecule has 3 rings (SSSR count). The van der Waals surface area contributed by atoms with Crippen molar-refractivity contribution in [1.82, 2.24) is 19.9 Å². The number of rotatable bonds is 4. The van der Waals surface area contributed by atoms with Gasteiger partial charge in [-0.2, -0.15) is 13.2 Å². The van der Waals surface area contributed by atoms with E-state index in [2.05, 4.69) is 25.3 Å². The molecule has 0 aliphatic carbocycles. The average Bonchev–Trinajstić information content (AvgIpc) is 2.61. The second-order valence-electron chi connectivity index (χ2n) is 4.88. The van der Waals surface area contributed by atoms with E-state index in [-0.39, 0.29) is 11.8 Å². The molecule has 0 spiro atoms. The number of alkyl halides is 3. The van der Waals surface area contributed by atoms with Crippen LogP contribution >= 0.6 is 0 Å². The number of nitrogens with zero attached hydrogens (tertiary/aromatic N) is 4. The van der Waals surface area contributed by atoms with Crippen LogP contribution in [0.2, 0.25) is 0 Å². The molecule has 0 aliphatic rings. The molecule has 0 aromatic carbocycles. The van der Waals surface area contributed by atoms with E-state index in [1.54, 1.807) is 24.4 Å². The Balaban J connectivity index is 1.87. The van der Waals surface area contributed by atoms with E-state index in [1.807, 2.05) is 0 Å². The van der Waals surface area contributed by atoms with Crippen LogP contribution in [0.3, 0.4) is 0 Å². The topological polar surface area (TPSA) is 72.8 Å². The number of hydrogen-bond donors (Lipinski definition) is 1. The normalized spacial score (nSPS) is 11.2. The van der Waals surface area contributed by atoms with Crippen LogP contribution in [-0.2, 0) is 6.18 Å². The van der Waals surface area contributed by atoms with Crippen molar-refractivity contribution in [3.05, 3.63) is 54.5 Å². The summed E-state index contributed by atoms with van der Waals surface area (Å²) >= 11 is 0. The fourth-order valence-corrected chi connectivity index (χ4v) is 2.04. The molecule has 3 heterocycles. The minimum Gasteiger partial charge on any atom is -0.481 e. The second kappa shape index (κ2) is 6.71. The van der Waals surface area contributed by atoms with Crippen molar-refractivity contribution < 1.29 is 17.9 Å². The predicted molar refractivity (Wildman–Crippen MR) is 84.3 cm³/mol. The lowest BCUT2D eigenvalue weighted by Crippen LogP contribution is -2.09. The van der Waals surface area contributed by atoms with E-state index in [0.29, 0.717) is 11.6 Å². The number of pyridine rings is 2. The number of halogens is 3. The van der Waals surface area contributed by atoms with Crippen LogP contribution in [0.5, 0.6) is 5.88 Å². The molecule has 9 heteroatoms. The summed E-state index contributed by atoms with van der Waals surface area (Å²) in [7, 11) is 1.50. The number of hydrogen-bond acceptors (Lipinski definition) is 6. The predicted octanol–water partition coefficient (Wildman–Crippen LogP) is 3.70. The lowest BCUT2D eigenvalue weighted by atomic mass is 10.2. The molecule has 0 fully saturated rings. The number of anilines is 2. The monoisotopic (exact) mass is 347 g/mol. The molecule has 128 valence electrons. The number of nitrogens with one attached hydrogen (secondary N) is 1. The highest BCUT2D eigenvalue weighted by Gasteiger charge is 2.32. The third kappa shape index (κ3) is 4.00. The molecule has 3 aromatic rings. The van der Waals surface area contributed by atoms with Gasteiger partial charge in [-0.05, 0) is 24.3 Å². The van der Waals surface area contributed by atoms with Crippen molar-refractivity contribution in [1.29, 1.82) is 0 Å². The molecule has 6 nitrogen and oxygen atoms in total. The minimum absolute atomic E-state index is 0.000663. The third-order valence-corrected chi connectivity index (χ3v) is 3.17. The summed E-state index contributed by atoms with van der Waals surface area (Å²) in [4.78, 5) is 15.8. The average molecular weight is 347 g/mol. The van der Waals surface area contributed by atoms with Crippen molar-refractivity contribution in [2.45, 2.75) is 6.18 Å². The quantitative estimate of drug-likeness (QED) is 0.776. The molecular weight excluding hydrogens is 335 g/mol. The fourth-order valence-electron chi connectivity index (χ4n) is 2.04. The van der Waals surface area contributed by atoms with Gasteiger partial charge in [0.25, 0.3) is 0 Å². The fraction of sp³-hybridized carbons (Fsp3) is 0.125. The van der Waals surface area contributed by atoms with Crippen molar-refractivity contribution in [3.63, 3.8) is 0 Å². The van der Waals surface area contributed by atoms with E-state index in [4.69, 9.17) is 4.74 Å². The van der Waals surface area contributed by atoms with Gasteiger partial charge in [0.05, 0.1) is 12.8 Å². The first-order valence-electron chi connectivity index (χ1n) is 7.10. The smallest absolute Gasteiger partial charge is 0.433 e. The van der Waals surface area contributed by atoms with Crippen LogP contribution in [0.15, 0.2) is 48.8 Å². The summed E-state index contributed by atoms with van der Waals surface area (Å²) in [5.41, 5.74) is 0.298. The highest BCUT2D eigenvalue weighted by Crippen LogP contribution is 2.28. The maximum Gasteiger partial charge on any atom is 0.433 e. The lowest BCUT2D eigenvalue weighted by molar-refractivity contribution is -0.141. The summed E-state index contributed by atoms with van der Waals surface area (Å²) in [5, 5.41) is 2.67. The second-order valence-corrected chi connectivity index (χ2v) is 4.88. The number of methoxy groups -OCH3 is 1. The Bertz CT molecular complexity index is 885. The van der Waals surface area contributed by atoms with E-state index < -0.39 is 11.9 Å². The van der Waals surface area contributed by atoms with Gasteiger partial charge in [-0.15, -0.1) is 0 Å². The number of aromatic nitrogens is 4. The van der Waals surface area contributed by atoms with Crippen molar-refractivity contribution >= 4 is 11.8 Å². The molecular formula is C16H12F3N5O. The standard InChI is InChI=1S/C16H12F3N5O/c1-25-14-9-10(5-7-20-14)11-6-8-21-15(22-11)24-13-4-2-3-12(23-13)16(17,18)19/h2-9H,1H3,(H,21,22,23,24). The van der Waals surface area contributed by atoms with Gasteiger partial charge in [-0.25, -0.2) is 19.9 Å². The molecule has 0 unspecified atom stereocenters. The maximum atomic E-state index is 12.7. The molecule has 0 aliphatic heterocycles. The first kappa shape index (κ1) is 16.6. The summed E-state index contributed by atoms with van der Waals surface area (Å²) in [5.74, 6) is 0.546. The molecule has 0 saturated carbocycles. The highest BCUT2D eigenvalue weighted by molar-refractivity contribution is 5.61. The van der Waals surface area contributed by atoms with Gasteiger partial charge in [0.1, 0.15) is 11.5 Å². The molecule has 1 N–H and O–H groups in total. The molecule has 25 heavy (non-hydrogen) atoms. The molecule has 0 amide bonds. The Morgan fingerprint density at radius 1 is 1.00 bits per heavy atom. The molecule has 0 radical (unpaired) electrons. The van der Waals surface area contributed by atoms with Gasteiger partial charge >= 0.3 is 6.18 Å². The van der Waals surface area contributed by atoms with E-state index in [9.17, 15) is 13.2 Å². The Morgan fingerprint density at radius 2 is 1.80 bits per heavy atom. The zero-order valence-electron chi connectivity index (χ0n) is 12.9. The van der Waals surface area contributed by atoms with Crippen molar-refractivity contribution in [3.8, 4) is 17.1 Å². The zero-order chi connectivity index (χ0) is 17.9. The van der Waals surface area contributed by atoms with Gasteiger partial charge < -0.3 is 10.1 Å². The Kier molecular flexibility index (Phi) is 4.46. The minimum atomic E-state index is -4.52. The number of ether oxygens (including phenoxy) is 1. The van der Waals surface area contributed by atoms with Crippen LogP contribution in [0, 0.1) is 0 Å². The van der Waals surface area contributed by atoms with Gasteiger partial charge in [0.15, 0.2) is 0 Å². The summed E-state index contributed by atoms with van der Waals surface area (Å²) in [6.07, 6.45) is -1.46. The zero-order valence-corrected chi connectivity index (χ0v) is 12.9. The van der Waals surface area contributed by atoms with Gasteiger partial charge in [-0.1, -0.05) is 6.07 Å². The van der Waals surface area contributed by atoms with Crippen LogP contribution in [0.25, 0.3) is 11.3 Å².